The second kappa shape index (κ2) is 37.7. The zero-order chi connectivity index (χ0) is 68.9. The fourth-order valence-electron chi connectivity index (χ4n) is 9.63. The first kappa shape index (κ1) is 74.1. The number of nitrogens with one attached hydrogen (secondary N) is 5. The molecule has 6 aromatic rings. The first-order valence-corrected chi connectivity index (χ1v) is 31.4. The molecule has 32 heteroatoms. The average Bonchev–Trinajstić information content (AvgIpc) is 0.868. The number of hydrogen-bond donors (Lipinski definition) is 9. The lowest BCUT2D eigenvalue weighted by Crippen LogP contribution is -2.42. The second-order valence-electron chi connectivity index (χ2n) is 23.3. The number of ether oxygens (including phenoxy) is 5. The summed E-state index contributed by atoms with van der Waals surface area (Å²) in [5, 5.41) is 13.9. The summed E-state index contributed by atoms with van der Waals surface area (Å²) in [6.45, 7) is 10.9. The van der Waals surface area contributed by atoms with Crippen LogP contribution in [-0.4, -0.2) is 198 Å². The van der Waals surface area contributed by atoms with Crippen LogP contribution in [0.1, 0.15) is 117 Å². The molecule has 13 N–H and O–H groups in total. The van der Waals surface area contributed by atoms with Gasteiger partial charge in [-0.2, -0.15) is 19.9 Å². The maximum Gasteiger partial charge on any atom is 0.407 e. The molecule has 32 nitrogen and oxygen atoms in total. The molecule has 6 rings (SSSR count). The predicted octanol–water partition coefficient (Wildman–Crippen LogP) is 2.99. The molecule has 0 fully saturated rings. The number of nitrogens with zero attached hydrogens (tertiary/aromatic N) is 11. The minimum atomic E-state index is -1.06. The quantitative estimate of drug-likeness (QED) is 0.0152. The molecule has 0 bridgehead atoms. The van der Waals surface area contributed by atoms with Gasteiger partial charge in [0.2, 0.25) is 23.7 Å². The average molecular weight is 1320 g/mol. The third kappa shape index (κ3) is 25.5. The Balaban J connectivity index is 0.881. The van der Waals surface area contributed by atoms with E-state index in [1.165, 1.54) is 14.2 Å². The van der Waals surface area contributed by atoms with Gasteiger partial charge in [0.05, 0.1) is 77.5 Å². The number of esters is 2. The lowest BCUT2D eigenvalue weighted by Gasteiger charge is -2.22. The van der Waals surface area contributed by atoms with Crippen LogP contribution in [-0.2, 0) is 56.0 Å². The largest absolute Gasteiger partial charge is 0.467 e. The number of rotatable bonds is 39. The normalized spacial score (nSPS) is 12.0. The molecule has 2 aromatic carbocycles. The number of carbonyl (C=O) groups is 7. The van der Waals surface area contributed by atoms with E-state index in [4.69, 9.17) is 46.6 Å². The minimum Gasteiger partial charge on any atom is -0.467 e. The van der Waals surface area contributed by atoms with Crippen LogP contribution in [0.2, 0.25) is 0 Å². The maximum absolute atomic E-state index is 13.3. The van der Waals surface area contributed by atoms with Gasteiger partial charge in [0.1, 0.15) is 17.7 Å². The Bertz CT molecular complexity index is 3300. The molecule has 0 aliphatic carbocycles. The molecule has 2 atom stereocenters. The Kier molecular flexibility index (Phi) is 29.4. The molecule has 0 aliphatic rings. The van der Waals surface area contributed by atoms with E-state index in [0.717, 1.165) is 50.1 Å². The highest BCUT2D eigenvalue weighted by Gasteiger charge is 2.26. The van der Waals surface area contributed by atoms with Crippen molar-refractivity contribution in [3.63, 3.8) is 0 Å². The third-order valence-corrected chi connectivity index (χ3v) is 14.6. The van der Waals surface area contributed by atoms with E-state index >= 15 is 0 Å². The van der Waals surface area contributed by atoms with Crippen molar-refractivity contribution in [1.82, 2.24) is 71.4 Å². The van der Waals surface area contributed by atoms with Gasteiger partial charge >= 0.3 is 18.0 Å². The van der Waals surface area contributed by atoms with Gasteiger partial charge in [-0.25, -0.2) is 34.3 Å². The standard InChI is InChI=1S/C63H90N20O12/c1-63(2,3)95-62(90)70-28-32-93-34-35-94-33-31-83(29-12-8-10-26-68-48(84)24-22-46(58(88)91-6)75-56(86)40-14-18-44(19-15-40)81(4)38-42-36-71-54-50(73-42)52(64)77-60(66)79-54)30-13-9-11-27-69-49(85)25-23-47(59(89)92-7)76-57(87)41-16-20-45(21-17-41)82(5)39-43-37-72-55-51(74-43)53(65)78-61(67)80-55/h14-21,36-37,46-47H,8-13,22-35,38-39H2,1-7H3,(H,68,84)(H,69,85)(H,70,90)(H,75,86)(H,76,87)(H4,64,66,71,77,79)(H4,65,67,72,78,80)/t46-,47-/m0/s1. The van der Waals surface area contributed by atoms with Crippen LogP contribution in [0, 0.1) is 0 Å². The lowest BCUT2D eigenvalue weighted by atomic mass is 10.1. The molecule has 4 heterocycles. The highest BCUT2D eigenvalue weighted by Crippen LogP contribution is 2.22. The maximum atomic E-state index is 13.3. The number of benzene rings is 2. The number of fused-ring (bicyclic) bond motifs is 2. The van der Waals surface area contributed by atoms with Gasteiger partial charge in [-0.1, -0.05) is 12.8 Å². The van der Waals surface area contributed by atoms with Gasteiger partial charge in [0.25, 0.3) is 11.8 Å². The second-order valence-corrected chi connectivity index (χ2v) is 23.3. The SMILES string of the molecule is COC(=O)[C@H](CCC(=O)NCCCCCN(CCCCCNC(=O)CC[C@H](NC(=O)c1ccc(N(C)Cc2cnc3nc(N)nc(N)c3n2)cc1)C(=O)OC)CCOCCOCCNC(=O)OC(C)(C)C)NC(=O)c1ccc(N(C)Cc2cnc3nc(N)nc(N)c3n2)cc1. The van der Waals surface area contributed by atoms with E-state index in [2.05, 4.69) is 71.4 Å². The summed E-state index contributed by atoms with van der Waals surface area (Å²) in [7, 11) is 6.13. The van der Waals surface area contributed by atoms with E-state index < -0.39 is 47.5 Å². The van der Waals surface area contributed by atoms with Crippen molar-refractivity contribution in [2.45, 2.75) is 116 Å². The number of amides is 5. The molecule has 0 aliphatic heterocycles. The Morgan fingerprint density at radius 1 is 0.516 bits per heavy atom. The molecule has 95 heavy (non-hydrogen) atoms. The molecule has 0 radical (unpaired) electrons. The van der Waals surface area contributed by atoms with Crippen LogP contribution >= 0.6 is 0 Å². The highest BCUT2D eigenvalue weighted by molar-refractivity contribution is 5.98. The molecular weight excluding hydrogens is 1230 g/mol. The summed E-state index contributed by atoms with van der Waals surface area (Å²) in [6.07, 6.45) is 7.39. The van der Waals surface area contributed by atoms with Gasteiger partial charge in [-0.15, -0.1) is 0 Å². The van der Waals surface area contributed by atoms with E-state index in [9.17, 15) is 33.6 Å². The van der Waals surface area contributed by atoms with Crippen molar-refractivity contribution in [1.29, 1.82) is 0 Å². The number of unbranched alkanes of at least 4 members (excludes halogenated alkanes) is 4. The van der Waals surface area contributed by atoms with Gasteiger partial charge in [-0.3, -0.25) is 19.2 Å². The summed E-state index contributed by atoms with van der Waals surface area (Å²) in [5.41, 5.74) is 27.3. The molecule has 0 spiro atoms. The summed E-state index contributed by atoms with van der Waals surface area (Å²) < 4.78 is 26.7. The summed E-state index contributed by atoms with van der Waals surface area (Å²) in [6, 6.07) is 11.4. The van der Waals surface area contributed by atoms with Crippen LogP contribution < -0.4 is 59.3 Å². The Morgan fingerprint density at radius 3 is 1.37 bits per heavy atom. The molecule has 5 amide bonds. The van der Waals surface area contributed by atoms with Crippen molar-refractivity contribution in [3.8, 4) is 0 Å². The Labute approximate surface area is 551 Å². The van der Waals surface area contributed by atoms with E-state index in [1.54, 1.807) is 81.7 Å². The molecule has 0 saturated heterocycles. The number of alkyl carbamates (subject to hydrolysis) is 1. The van der Waals surface area contributed by atoms with E-state index in [-0.39, 0.29) is 72.3 Å². The molecule has 4 aromatic heterocycles. The third-order valence-electron chi connectivity index (χ3n) is 14.6. The Morgan fingerprint density at radius 2 is 0.947 bits per heavy atom. The van der Waals surface area contributed by atoms with Crippen LogP contribution in [0.5, 0.6) is 0 Å². The zero-order valence-corrected chi connectivity index (χ0v) is 55.1. The van der Waals surface area contributed by atoms with Crippen molar-refractivity contribution >= 4 is 98.9 Å². The summed E-state index contributed by atoms with van der Waals surface area (Å²) >= 11 is 0. The minimum absolute atomic E-state index is 0.00295. The fraction of sp³-hybridized carbons (Fsp3) is 0.508. The number of aromatic nitrogens is 8. The van der Waals surface area contributed by atoms with Crippen molar-refractivity contribution in [3.05, 3.63) is 83.4 Å². The first-order chi connectivity index (χ1) is 45.5. The first-order valence-electron chi connectivity index (χ1n) is 31.4. The number of carbonyl (C=O) groups excluding carboxylic acids is 7. The Hall–Kier alpha value is -9.95. The zero-order valence-electron chi connectivity index (χ0n) is 55.1. The van der Waals surface area contributed by atoms with Crippen LogP contribution in [0.15, 0.2) is 60.9 Å². The topological polar surface area (TPSA) is 443 Å². The van der Waals surface area contributed by atoms with Crippen LogP contribution in [0.3, 0.4) is 0 Å². The molecule has 514 valence electrons. The lowest BCUT2D eigenvalue weighted by molar-refractivity contribution is -0.144. The number of methoxy groups -OCH3 is 2. The molecule has 0 saturated carbocycles. The van der Waals surface area contributed by atoms with Crippen molar-refractivity contribution < 1.29 is 57.2 Å². The van der Waals surface area contributed by atoms with E-state index in [0.29, 0.717) is 112 Å². The van der Waals surface area contributed by atoms with Crippen LogP contribution in [0.4, 0.5) is 39.7 Å². The summed E-state index contributed by atoms with van der Waals surface area (Å²) in [4.78, 5) is 130. The van der Waals surface area contributed by atoms with Gasteiger partial charge in [-0.05, 0) is 121 Å². The monoisotopic (exact) mass is 1320 g/mol. The summed E-state index contributed by atoms with van der Waals surface area (Å²) in [5.74, 6) is -2.66. The van der Waals surface area contributed by atoms with Gasteiger partial charge < -0.3 is 87.9 Å². The van der Waals surface area contributed by atoms with Gasteiger partial charge in [0.15, 0.2) is 34.0 Å². The van der Waals surface area contributed by atoms with Crippen molar-refractivity contribution in [2.75, 3.05) is 127 Å². The smallest absolute Gasteiger partial charge is 0.407 e. The number of hydrogen-bond acceptors (Lipinski definition) is 27. The van der Waals surface area contributed by atoms with Gasteiger partial charge in [0, 0.05) is 75.6 Å². The molecular formula is C63H90N20O12. The number of anilines is 6. The number of nitrogen functional groups attached to an aromatic ring is 4. The molecule has 0 unspecified atom stereocenters. The van der Waals surface area contributed by atoms with E-state index in [1.807, 2.05) is 23.9 Å². The predicted molar refractivity (Wildman–Crippen MR) is 356 cm³/mol. The highest BCUT2D eigenvalue weighted by atomic mass is 16.6. The number of nitrogens with two attached hydrogens (primary N) is 4. The van der Waals surface area contributed by atoms with Crippen LogP contribution in [0.25, 0.3) is 22.3 Å². The fourth-order valence-corrected chi connectivity index (χ4v) is 9.63. The van der Waals surface area contributed by atoms with Crippen molar-refractivity contribution in [2.24, 2.45) is 0 Å².